The van der Waals surface area contributed by atoms with Crippen LogP contribution >= 0.6 is 28.1 Å². The van der Waals surface area contributed by atoms with E-state index in [9.17, 15) is 0 Å². The Bertz CT molecular complexity index is 623. The van der Waals surface area contributed by atoms with Gasteiger partial charge in [-0.1, -0.05) is 48.0 Å². The zero-order chi connectivity index (χ0) is 13.2. The minimum Gasteiger partial charge on any atom is -0.331 e. The fourth-order valence-corrected chi connectivity index (χ4v) is 3.78. The van der Waals surface area contributed by atoms with E-state index < -0.39 is 0 Å². The zero-order valence-corrected chi connectivity index (χ0v) is 13.4. The van der Waals surface area contributed by atoms with Gasteiger partial charge in [-0.05, 0) is 42.8 Å². The molecule has 0 radical (unpaired) electrons. The number of rotatable bonds is 3. The highest BCUT2D eigenvalue weighted by atomic mass is 79.9. The van der Waals surface area contributed by atoms with Crippen molar-refractivity contribution in [1.82, 2.24) is 9.55 Å². The van der Waals surface area contributed by atoms with Gasteiger partial charge in [0.15, 0.2) is 4.77 Å². The van der Waals surface area contributed by atoms with Crippen molar-refractivity contribution < 1.29 is 0 Å². The van der Waals surface area contributed by atoms with Crippen LogP contribution in [-0.2, 0) is 6.54 Å². The molecule has 1 aromatic carbocycles. The van der Waals surface area contributed by atoms with E-state index in [-0.39, 0.29) is 0 Å². The maximum absolute atomic E-state index is 5.46. The van der Waals surface area contributed by atoms with Crippen molar-refractivity contribution >= 4 is 39.2 Å². The summed E-state index contributed by atoms with van der Waals surface area (Å²) < 4.78 is 4.22. The first-order chi connectivity index (χ1) is 9.24. The van der Waals surface area contributed by atoms with Gasteiger partial charge in [0.1, 0.15) is 0 Å². The summed E-state index contributed by atoms with van der Waals surface area (Å²) in [6.45, 7) is 1.04. The Kier molecular flexibility index (Phi) is 4.08. The predicted molar refractivity (Wildman–Crippen MR) is 86.0 cm³/mol. The number of hydrogen-bond donors (Lipinski definition) is 1. The first-order valence-electron chi connectivity index (χ1n) is 7.12. The molecule has 102 valence electrons. The van der Waals surface area contributed by atoms with Crippen molar-refractivity contribution in [3.63, 3.8) is 0 Å². The number of imidazole rings is 1. The molecule has 3 rings (SSSR count). The topological polar surface area (TPSA) is 20.7 Å². The molecular weight excluding hydrogens is 320 g/mol. The number of fused-ring (bicyclic) bond motifs is 1. The largest absolute Gasteiger partial charge is 0.331 e. The Hall–Kier alpha value is -0.610. The van der Waals surface area contributed by atoms with Crippen LogP contribution in [0.5, 0.6) is 0 Å². The fourth-order valence-electron chi connectivity index (χ4n) is 3.14. The molecule has 0 spiro atoms. The van der Waals surface area contributed by atoms with Gasteiger partial charge in [0, 0.05) is 11.0 Å². The lowest BCUT2D eigenvalue weighted by Gasteiger charge is -2.21. The molecule has 0 bridgehead atoms. The fraction of sp³-hybridized carbons (Fsp3) is 0.533. The van der Waals surface area contributed by atoms with Crippen molar-refractivity contribution in [1.29, 1.82) is 0 Å². The molecule has 1 N–H and O–H groups in total. The van der Waals surface area contributed by atoms with Crippen LogP contribution in [0, 0.1) is 10.7 Å². The highest BCUT2D eigenvalue weighted by molar-refractivity contribution is 9.10. The van der Waals surface area contributed by atoms with Crippen LogP contribution in [0.2, 0.25) is 0 Å². The van der Waals surface area contributed by atoms with E-state index in [4.69, 9.17) is 12.2 Å². The van der Waals surface area contributed by atoms with Crippen LogP contribution < -0.4 is 0 Å². The lowest BCUT2D eigenvalue weighted by molar-refractivity contribution is 0.325. The van der Waals surface area contributed by atoms with Crippen molar-refractivity contribution in [2.45, 2.75) is 45.1 Å². The number of aromatic amines is 1. The molecule has 0 saturated heterocycles. The number of benzene rings is 1. The number of aryl methyl sites for hydroxylation is 1. The van der Waals surface area contributed by atoms with Crippen LogP contribution in [0.1, 0.15) is 38.5 Å². The third-order valence-electron chi connectivity index (χ3n) is 4.22. The second-order valence-electron chi connectivity index (χ2n) is 5.54. The summed E-state index contributed by atoms with van der Waals surface area (Å²) in [4.78, 5) is 3.30. The SMILES string of the molecule is S=c1[nH]c2ccc(Br)cc2n1CCC1CCCCC1. The minimum absolute atomic E-state index is 0.851. The standard InChI is InChI=1S/C15H19BrN2S/c16-12-6-7-13-14(10-12)18(15(19)17-13)9-8-11-4-2-1-3-5-11/h6-7,10-11H,1-5,8-9H2,(H,17,19). The highest BCUT2D eigenvalue weighted by Gasteiger charge is 2.14. The summed E-state index contributed by atoms with van der Waals surface area (Å²) in [7, 11) is 0. The first-order valence-corrected chi connectivity index (χ1v) is 8.32. The molecule has 2 aromatic rings. The molecule has 1 aromatic heterocycles. The summed E-state index contributed by atoms with van der Waals surface area (Å²) in [6.07, 6.45) is 8.31. The van der Waals surface area contributed by atoms with Crippen molar-refractivity contribution in [2.24, 2.45) is 5.92 Å². The van der Waals surface area contributed by atoms with Gasteiger partial charge in [0.2, 0.25) is 0 Å². The molecule has 2 nitrogen and oxygen atoms in total. The maximum Gasteiger partial charge on any atom is 0.178 e. The smallest absolute Gasteiger partial charge is 0.178 e. The Morgan fingerprint density at radius 2 is 2.05 bits per heavy atom. The van der Waals surface area contributed by atoms with Gasteiger partial charge in [0.05, 0.1) is 11.0 Å². The molecule has 0 aliphatic heterocycles. The van der Waals surface area contributed by atoms with Crippen molar-refractivity contribution in [2.75, 3.05) is 0 Å². The number of H-pyrrole nitrogens is 1. The predicted octanol–water partition coefficient (Wildman–Crippen LogP) is 5.43. The number of nitrogens with one attached hydrogen (secondary N) is 1. The third-order valence-corrected chi connectivity index (χ3v) is 5.04. The van der Waals surface area contributed by atoms with Gasteiger partial charge in [-0.15, -0.1) is 0 Å². The third kappa shape index (κ3) is 2.95. The molecule has 1 fully saturated rings. The van der Waals surface area contributed by atoms with E-state index in [2.05, 4.69) is 43.7 Å². The summed E-state index contributed by atoms with van der Waals surface area (Å²) in [5.74, 6) is 0.896. The highest BCUT2D eigenvalue weighted by Crippen LogP contribution is 2.27. The molecule has 4 heteroatoms. The van der Waals surface area contributed by atoms with E-state index in [0.717, 1.165) is 27.2 Å². The van der Waals surface area contributed by atoms with Crippen molar-refractivity contribution in [3.05, 3.63) is 27.4 Å². The molecule has 1 aliphatic carbocycles. The quantitative estimate of drug-likeness (QED) is 0.739. The Morgan fingerprint density at radius 3 is 2.84 bits per heavy atom. The van der Waals surface area contributed by atoms with Gasteiger partial charge < -0.3 is 9.55 Å². The maximum atomic E-state index is 5.46. The minimum atomic E-state index is 0.851. The van der Waals surface area contributed by atoms with Crippen LogP contribution in [0.4, 0.5) is 0 Å². The molecule has 0 unspecified atom stereocenters. The second-order valence-corrected chi connectivity index (χ2v) is 6.84. The Labute approximate surface area is 127 Å². The molecule has 0 atom stereocenters. The lowest BCUT2D eigenvalue weighted by atomic mass is 9.87. The molecule has 1 heterocycles. The summed E-state index contributed by atoms with van der Waals surface area (Å²) in [5.41, 5.74) is 2.35. The van der Waals surface area contributed by atoms with Gasteiger partial charge >= 0.3 is 0 Å². The number of halogens is 1. The number of nitrogens with zero attached hydrogens (tertiary/aromatic N) is 1. The molecule has 1 aliphatic rings. The Morgan fingerprint density at radius 1 is 1.26 bits per heavy atom. The van der Waals surface area contributed by atoms with Gasteiger partial charge in [-0.2, -0.15) is 0 Å². The molecule has 1 saturated carbocycles. The molecule has 19 heavy (non-hydrogen) atoms. The van der Waals surface area contributed by atoms with Crippen molar-refractivity contribution in [3.8, 4) is 0 Å². The second kappa shape index (κ2) is 5.80. The van der Waals surface area contributed by atoms with Crippen LogP contribution in [0.15, 0.2) is 22.7 Å². The van der Waals surface area contributed by atoms with Gasteiger partial charge in [-0.25, -0.2) is 0 Å². The van der Waals surface area contributed by atoms with E-state index in [0.29, 0.717) is 0 Å². The van der Waals surface area contributed by atoms with Crippen LogP contribution in [0.3, 0.4) is 0 Å². The zero-order valence-electron chi connectivity index (χ0n) is 11.0. The van der Waals surface area contributed by atoms with Gasteiger partial charge in [0.25, 0.3) is 0 Å². The lowest BCUT2D eigenvalue weighted by Crippen LogP contribution is -2.10. The van der Waals surface area contributed by atoms with Gasteiger partial charge in [-0.3, -0.25) is 0 Å². The first kappa shape index (κ1) is 13.4. The molecular formula is C15H19BrN2S. The Balaban J connectivity index is 1.81. The average molecular weight is 339 g/mol. The monoisotopic (exact) mass is 338 g/mol. The number of hydrogen-bond acceptors (Lipinski definition) is 1. The molecule has 0 amide bonds. The summed E-state index contributed by atoms with van der Waals surface area (Å²) in [5, 5.41) is 0. The average Bonchev–Trinajstić information content (AvgIpc) is 2.73. The number of aromatic nitrogens is 2. The van der Waals surface area contributed by atoms with Crippen LogP contribution in [0.25, 0.3) is 11.0 Å². The van der Waals surface area contributed by atoms with E-state index >= 15 is 0 Å². The summed E-state index contributed by atoms with van der Waals surface area (Å²) >= 11 is 9.00. The van der Waals surface area contributed by atoms with E-state index in [1.54, 1.807) is 0 Å². The van der Waals surface area contributed by atoms with E-state index in [1.807, 2.05) is 0 Å². The normalized spacial score (nSPS) is 17.1. The van der Waals surface area contributed by atoms with Crippen LogP contribution in [-0.4, -0.2) is 9.55 Å². The van der Waals surface area contributed by atoms with E-state index in [1.165, 1.54) is 44.0 Å². The summed E-state index contributed by atoms with van der Waals surface area (Å²) in [6, 6.07) is 6.30.